The molecule has 1 aromatic heterocycles. The van der Waals surface area contributed by atoms with Crippen LogP contribution in [0.15, 0.2) is 6.07 Å². The van der Waals surface area contributed by atoms with Crippen LogP contribution in [0.1, 0.15) is 46.6 Å². The molecule has 0 spiro atoms. The highest BCUT2D eigenvalue weighted by Crippen LogP contribution is 2.32. The van der Waals surface area contributed by atoms with Gasteiger partial charge in [0, 0.05) is 5.69 Å². The molecule has 14 heavy (non-hydrogen) atoms. The van der Waals surface area contributed by atoms with Gasteiger partial charge in [-0.15, -0.1) is 0 Å². The molecule has 0 bridgehead atoms. The average molecular weight is 191 g/mol. The molecule has 1 N–H and O–H groups in total. The van der Waals surface area contributed by atoms with Gasteiger partial charge in [0.2, 0.25) is 0 Å². The summed E-state index contributed by atoms with van der Waals surface area (Å²) in [6, 6.07) is 1.78. The number of carbonyl (C=O) groups is 1. The number of pyridine rings is 1. The zero-order chi connectivity index (χ0) is 10.3. The molecule has 0 aromatic carbocycles. The Morgan fingerprint density at radius 2 is 2.36 bits per heavy atom. The lowest BCUT2D eigenvalue weighted by molar-refractivity contribution is 0.0695. The van der Waals surface area contributed by atoms with E-state index in [2.05, 4.69) is 11.9 Å². The minimum Gasteiger partial charge on any atom is -0.478 e. The summed E-state index contributed by atoms with van der Waals surface area (Å²) in [5, 5.41) is 8.92. The summed E-state index contributed by atoms with van der Waals surface area (Å²) in [6.45, 7) is 3.90. The standard InChI is InChI=1S/C11H13NO2/c1-6-3-4-8-5-9(11(13)14)7(2)12-10(6)8/h5-6H,3-4H2,1-2H3,(H,13,14). The molecule has 1 aromatic rings. The third-order valence-electron chi connectivity index (χ3n) is 2.87. The van der Waals surface area contributed by atoms with Crippen LogP contribution in [0.3, 0.4) is 0 Å². The van der Waals surface area contributed by atoms with E-state index < -0.39 is 5.97 Å². The molecule has 1 aliphatic rings. The number of carboxylic acid groups (broad SMARTS) is 1. The smallest absolute Gasteiger partial charge is 0.337 e. The maximum atomic E-state index is 10.9. The molecule has 1 aliphatic carbocycles. The molecule has 0 saturated heterocycles. The van der Waals surface area contributed by atoms with E-state index in [-0.39, 0.29) is 0 Å². The predicted octanol–water partition coefficient (Wildman–Crippen LogP) is 2.14. The molecule has 3 nitrogen and oxygen atoms in total. The second-order valence-corrected chi connectivity index (χ2v) is 3.91. The Hall–Kier alpha value is -1.38. The van der Waals surface area contributed by atoms with Gasteiger partial charge in [-0.1, -0.05) is 6.92 Å². The molecule has 0 fully saturated rings. The second kappa shape index (κ2) is 3.08. The van der Waals surface area contributed by atoms with Crippen molar-refractivity contribution in [2.75, 3.05) is 0 Å². The zero-order valence-electron chi connectivity index (χ0n) is 8.37. The number of rotatable bonds is 1. The Bertz CT molecular complexity index is 399. The lowest BCUT2D eigenvalue weighted by atomic mass is 10.1. The summed E-state index contributed by atoms with van der Waals surface area (Å²) < 4.78 is 0. The van der Waals surface area contributed by atoms with Crippen LogP contribution in [0, 0.1) is 6.92 Å². The van der Waals surface area contributed by atoms with Crippen molar-refractivity contribution in [1.29, 1.82) is 0 Å². The number of aryl methyl sites for hydroxylation is 2. The van der Waals surface area contributed by atoms with Gasteiger partial charge in [0.1, 0.15) is 0 Å². The van der Waals surface area contributed by atoms with Crippen molar-refractivity contribution in [3.63, 3.8) is 0 Å². The van der Waals surface area contributed by atoms with Crippen molar-refractivity contribution in [2.24, 2.45) is 0 Å². The van der Waals surface area contributed by atoms with E-state index in [1.807, 2.05) is 0 Å². The largest absolute Gasteiger partial charge is 0.478 e. The van der Waals surface area contributed by atoms with Crippen LogP contribution < -0.4 is 0 Å². The van der Waals surface area contributed by atoms with Crippen molar-refractivity contribution in [1.82, 2.24) is 4.98 Å². The van der Waals surface area contributed by atoms with Gasteiger partial charge in [-0.2, -0.15) is 0 Å². The van der Waals surface area contributed by atoms with Gasteiger partial charge in [0.25, 0.3) is 0 Å². The van der Waals surface area contributed by atoms with Gasteiger partial charge in [0.05, 0.1) is 11.3 Å². The summed E-state index contributed by atoms with van der Waals surface area (Å²) in [4.78, 5) is 15.2. The van der Waals surface area contributed by atoms with Crippen LogP contribution in [0.2, 0.25) is 0 Å². The fourth-order valence-corrected chi connectivity index (χ4v) is 2.02. The number of hydrogen-bond acceptors (Lipinski definition) is 2. The van der Waals surface area contributed by atoms with Gasteiger partial charge in [-0.25, -0.2) is 4.79 Å². The van der Waals surface area contributed by atoms with Crippen LogP contribution in [-0.2, 0) is 6.42 Å². The highest BCUT2D eigenvalue weighted by atomic mass is 16.4. The van der Waals surface area contributed by atoms with Gasteiger partial charge in [0.15, 0.2) is 0 Å². The summed E-state index contributed by atoms with van der Waals surface area (Å²) in [5.41, 5.74) is 3.18. The normalized spacial score (nSPS) is 19.4. The predicted molar refractivity (Wildman–Crippen MR) is 52.7 cm³/mol. The Kier molecular flexibility index (Phi) is 2.02. The average Bonchev–Trinajstić information content (AvgIpc) is 2.46. The zero-order valence-corrected chi connectivity index (χ0v) is 8.37. The molecule has 0 aliphatic heterocycles. The van der Waals surface area contributed by atoms with Gasteiger partial charge >= 0.3 is 5.97 Å². The van der Waals surface area contributed by atoms with Crippen LogP contribution in [0.25, 0.3) is 0 Å². The van der Waals surface area contributed by atoms with Crippen molar-refractivity contribution >= 4 is 5.97 Å². The van der Waals surface area contributed by atoms with Gasteiger partial charge in [-0.05, 0) is 37.3 Å². The maximum Gasteiger partial charge on any atom is 0.337 e. The van der Waals surface area contributed by atoms with Crippen LogP contribution >= 0.6 is 0 Å². The van der Waals surface area contributed by atoms with Crippen molar-refractivity contribution < 1.29 is 9.90 Å². The molecular formula is C11H13NO2. The highest BCUT2D eigenvalue weighted by Gasteiger charge is 2.22. The monoisotopic (exact) mass is 191 g/mol. The third kappa shape index (κ3) is 1.29. The first-order chi connectivity index (χ1) is 6.59. The topological polar surface area (TPSA) is 50.2 Å². The van der Waals surface area contributed by atoms with Crippen LogP contribution in [0.5, 0.6) is 0 Å². The first-order valence-corrected chi connectivity index (χ1v) is 4.83. The van der Waals surface area contributed by atoms with E-state index >= 15 is 0 Å². The number of fused-ring (bicyclic) bond motifs is 1. The van der Waals surface area contributed by atoms with Crippen LogP contribution in [-0.4, -0.2) is 16.1 Å². The molecule has 74 valence electrons. The molecule has 1 atom stereocenters. The fraction of sp³-hybridized carbons (Fsp3) is 0.455. The molecule has 1 heterocycles. The lowest BCUT2D eigenvalue weighted by Gasteiger charge is -2.06. The van der Waals surface area contributed by atoms with Gasteiger partial charge in [-0.3, -0.25) is 4.98 Å². The molecule has 2 rings (SSSR count). The first kappa shape index (κ1) is 9.19. The third-order valence-corrected chi connectivity index (χ3v) is 2.87. The Labute approximate surface area is 82.8 Å². The minimum atomic E-state index is -0.877. The fourth-order valence-electron chi connectivity index (χ4n) is 2.02. The van der Waals surface area contributed by atoms with Crippen LogP contribution in [0.4, 0.5) is 0 Å². The van der Waals surface area contributed by atoms with E-state index in [9.17, 15) is 4.79 Å². The summed E-state index contributed by atoms with van der Waals surface area (Å²) in [5.74, 6) is -0.399. The van der Waals surface area contributed by atoms with Crippen molar-refractivity contribution in [2.45, 2.75) is 32.6 Å². The number of aromatic carboxylic acids is 1. The molecule has 0 amide bonds. The van der Waals surface area contributed by atoms with E-state index in [0.29, 0.717) is 17.2 Å². The van der Waals surface area contributed by atoms with E-state index in [1.165, 1.54) is 0 Å². The van der Waals surface area contributed by atoms with E-state index in [0.717, 1.165) is 24.1 Å². The Morgan fingerprint density at radius 1 is 1.64 bits per heavy atom. The summed E-state index contributed by atoms with van der Waals surface area (Å²) in [6.07, 6.45) is 2.05. The summed E-state index contributed by atoms with van der Waals surface area (Å²) >= 11 is 0. The number of aromatic nitrogens is 1. The first-order valence-electron chi connectivity index (χ1n) is 4.83. The lowest BCUT2D eigenvalue weighted by Crippen LogP contribution is -2.05. The van der Waals surface area contributed by atoms with Crippen molar-refractivity contribution in [3.8, 4) is 0 Å². The quantitative estimate of drug-likeness (QED) is 0.739. The second-order valence-electron chi connectivity index (χ2n) is 3.91. The van der Waals surface area contributed by atoms with Gasteiger partial charge < -0.3 is 5.11 Å². The molecular weight excluding hydrogens is 178 g/mol. The molecule has 0 radical (unpaired) electrons. The SMILES string of the molecule is Cc1nc2c(cc1C(=O)O)CCC2C. The number of carboxylic acids is 1. The van der Waals surface area contributed by atoms with E-state index in [1.54, 1.807) is 13.0 Å². The Morgan fingerprint density at radius 3 is 3.00 bits per heavy atom. The van der Waals surface area contributed by atoms with E-state index in [4.69, 9.17) is 5.11 Å². The number of hydrogen-bond donors (Lipinski definition) is 1. The highest BCUT2D eigenvalue weighted by molar-refractivity contribution is 5.89. The Balaban J connectivity index is 2.55. The molecule has 1 unspecified atom stereocenters. The maximum absolute atomic E-state index is 10.9. The van der Waals surface area contributed by atoms with Crippen molar-refractivity contribution in [3.05, 3.63) is 28.6 Å². The molecule has 0 saturated carbocycles. The minimum absolute atomic E-state index is 0.345. The number of nitrogens with zero attached hydrogens (tertiary/aromatic N) is 1. The summed E-state index contributed by atoms with van der Waals surface area (Å²) in [7, 11) is 0. The molecule has 3 heteroatoms.